The van der Waals surface area contributed by atoms with Crippen LogP contribution >= 0.6 is 23.4 Å². The number of allylic oxidation sites excluding steroid dienone is 2. The van der Waals surface area contributed by atoms with Crippen LogP contribution < -0.4 is 11.2 Å². The lowest BCUT2D eigenvalue weighted by atomic mass is 10.2. The van der Waals surface area contributed by atoms with E-state index < -0.39 is 11.2 Å². The van der Waals surface area contributed by atoms with E-state index in [1.54, 1.807) is 7.05 Å². The first-order chi connectivity index (χ1) is 12.0. The van der Waals surface area contributed by atoms with Gasteiger partial charge in [-0.05, 0) is 18.6 Å². The second-order valence-corrected chi connectivity index (χ2v) is 6.79. The van der Waals surface area contributed by atoms with E-state index in [9.17, 15) is 9.59 Å². The average molecular weight is 377 g/mol. The minimum atomic E-state index is -0.476. The van der Waals surface area contributed by atoms with Crippen molar-refractivity contribution >= 4 is 34.5 Å². The maximum absolute atomic E-state index is 12.3. The third-order valence-electron chi connectivity index (χ3n) is 3.81. The molecule has 3 rings (SSSR count). The van der Waals surface area contributed by atoms with Crippen molar-refractivity contribution in [2.24, 2.45) is 7.05 Å². The van der Waals surface area contributed by atoms with Crippen LogP contribution in [-0.2, 0) is 19.3 Å². The van der Waals surface area contributed by atoms with Gasteiger partial charge in [-0.25, -0.2) is 9.78 Å². The van der Waals surface area contributed by atoms with Crippen molar-refractivity contribution in [1.82, 2.24) is 19.1 Å². The zero-order valence-electron chi connectivity index (χ0n) is 13.8. The monoisotopic (exact) mass is 376 g/mol. The van der Waals surface area contributed by atoms with Gasteiger partial charge in [0.2, 0.25) is 0 Å². The second-order valence-electron chi connectivity index (χ2n) is 5.44. The highest BCUT2D eigenvalue weighted by Gasteiger charge is 2.17. The fraction of sp³-hybridized carbons (Fsp3) is 0.235. The van der Waals surface area contributed by atoms with Gasteiger partial charge in [-0.2, -0.15) is 0 Å². The number of halogens is 1. The summed E-state index contributed by atoms with van der Waals surface area (Å²) in [5, 5.41) is 1.36. The topological polar surface area (TPSA) is 72.7 Å². The second kappa shape index (κ2) is 7.33. The van der Waals surface area contributed by atoms with Crippen LogP contribution in [0.4, 0.5) is 0 Å². The standard InChI is InChI=1S/C17H17ClN4O2S/c1-3-4-9-22-13-14(21(2)16(24)20-15(13)23)19-17(22)25-10-11-7-5-6-8-12(11)18/h3-8H,9-10H2,1-2H3,(H,20,23,24)/b4-3-. The van der Waals surface area contributed by atoms with E-state index in [1.165, 1.54) is 16.3 Å². The van der Waals surface area contributed by atoms with E-state index in [4.69, 9.17) is 11.6 Å². The van der Waals surface area contributed by atoms with E-state index in [0.29, 0.717) is 33.6 Å². The number of rotatable bonds is 5. The Bertz CT molecular complexity index is 1060. The number of imidazole rings is 1. The Kier molecular flexibility index (Phi) is 5.15. The highest BCUT2D eigenvalue weighted by atomic mass is 35.5. The number of benzene rings is 1. The molecule has 1 aromatic carbocycles. The van der Waals surface area contributed by atoms with Gasteiger partial charge < -0.3 is 4.57 Å². The maximum Gasteiger partial charge on any atom is 0.329 e. The Hall–Kier alpha value is -2.25. The summed E-state index contributed by atoms with van der Waals surface area (Å²) in [6, 6.07) is 7.61. The van der Waals surface area contributed by atoms with Crippen molar-refractivity contribution in [3.05, 3.63) is 67.8 Å². The quantitative estimate of drug-likeness (QED) is 0.549. The number of nitrogens with one attached hydrogen (secondary N) is 1. The number of thioether (sulfide) groups is 1. The van der Waals surface area contributed by atoms with E-state index in [0.717, 1.165) is 5.56 Å². The van der Waals surface area contributed by atoms with Gasteiger partial charge in [0, 0.05) is 24.4 Å². The van der Waals surface area contributed by atoms with Crippen LogP contribution in [0, 0.1) is 0 Å². The number of hydrogen-bond acceptors (Lipinski definition) is 4. The molecule has 25 heavy (non-hydrogen) atoms. The molecule has 0 radical (unpaired) electrons. The first-order valence-electron chi connectivity index (χ1n) is 7.69. The Balaban J connectivity index is 2.09. The Labute approximate surface area is 153 Å². The first kappa shape index (κ1) is 17.6. The summed E-state index contributed by atoms with van der Waals surface area (Å²) < 4.78 is 3.16. The van der Waals surface area contributed by atoms with Crippen molar-refractivity contribution in [2.45, 2.75) is 24.4 Å². The summed E-state index contributed by atoms with van der Waals surface area (Å²) in [4.78, 5) is 31.0. The van der Waals surface area contributed by atoms with E-state index in [-0.39, 0.29) is 0 Å². The van der Waals surface area contributed by atoms with Crippen molar-refractivity contribution in [1.29, 1.82) is 0 Å². The number of aromatic amines is 1. The van der Waals surface area contributed by atoms with Crippen LogP contribution in [0.3, 0.4) is 0 Å². The van der Waals surface area contributed by atoms with Crippen LogP contribution in [0.5, 0.6) is 0 Å². The predicted molar refractivity (Wildman–Crippen MR) is 101 cm³/mol. The van der Waals surface area contributed by atoms with Crippen molar-refractivity contribution < 1.29 is 0 Å². The van der Waals surface area contributed by atoms with Gasteiger partial charge >= 0.3 is 5.69 Å². The highest BCUT2D eigenvalue weighted by Crippen LogP contribution is 2.27. The van der Waals surface area contributed by atoms with Crippen molar-refractivity contribution in [3.8, 4) is 0 Å². The molecule has 3 aromatic rings. The van der Waals surface area contributed by atoms with Crippen LogP contribution in [0.15, 0.2) is 51.2 Å². The summed E-state index contributed by atoms with van der Waals surface area (Å²) in [6.45, 7) is 2.41. The normalized spacial score (nSPS) is 11.6. The Morgan fingerprint density at radius 2 is 2.08 bits per heavy atom. The Morgan fingerprint density at radius 1 is 1.32 bits per heavy atom. The Morgan fingerprint density at radius 3 is 2.80 bits per heavy atom. The van der Waals surface area contributed by atoms with E-state index in [1.807, 2.05) is 47.9 Å². The molecule has 0 unspecified atom stereocenters. The minimum Gasteiger partial charge on any atom is -0.309 e. The SMILES string of the molecule is C/C=C\Cn1c(SCc2ccccc2Cl)nc2c1c(=O)[nH]c(=O)n2C. The molecule has 2 heterocycles. The predicted octanol–water partition coefficient (Wildman–Crippen LogP) is 2.95. The van der Waals surface area contributed by atoms with Gasteiger partial charge in [0.25, 0.3) is 5.56 Å². The molecule has 130 valence electrons. The van der Waals surface area contributed by atoms with Crippen molar-refractivity contribution in [2.75, 3.05) is 0 Å². The summed E-state index contributed by atoms with van der Waals surface area (Å²) in [5.41, 5.74) is 0.846. The van der Waals surface area contributed by atoms with Gasteiger partial charge in [0.1, 0.15) is 0 Å². The molecule has 2 aromatic heterocycles. The van der Waals surface area contributed by atoms with Crippen LogP contribution in [0.2, 0.25) is 5.02 Å². The molecule has 1 N–H and O–H groups in total. The molecular formula is C17H17ClN4O2S. The zero-order chi connectivity index (χ0) is 18.0. The zero-order valence-corrected chi connectivity index (χ0v) is 15.4. The van der Waals surface area contributed by atoms with Gasteiger partial charge in [0.15, 0.2) is 16.3 Å². The molecule has 0 spiro atoms. The van der Waals surface area contributed by atoms with Gasteiger partial charge in [-0.15, -0.1) is 0 Å². The van der Waals surface area contributed by atoms with E-state index in [2.05, 4.69) is 9.97 Å². The first-order valence-corrected chi connectivity index (χ1v) is 9.06. The lowest BCUT2D eigenvalue weighted by molar-refractivity contribution is 0.743. The number of hydrogen-bond donors (Lipinski definition) is 1. The fourth-order valence-corrected chi connectivity index (χ4v) is 3.75. The van der Waals surface area contributed by atoms with Crippen LogP contribution in [-0.4, -0.2) is 19.1 Å². The fourth-order valence-electron chi connectivity index (χ4n) is 2.46. The summed E-state index contributed by atoms with van der Waals surface area (Å²) in [5.74, 6) is 0.616. The molecule has 0 aliphatic heterocycles. The summed E-state index contributed by atoms with van der Waals surface area (Å²) >= 11 is 7.69. The molecule has 0 saturated heterocycles. The number of nitrogens with zero attached hydrogens (tertiary/aromatic N) is 3. The molecular weight excluding hydrogens is 360 g/mol. The van der Waals surface area contributed by atoms with Gasteiger partial charge in [-0.1, -0.05) is 53.7 Å². The molecule has 0 atom stereocenters. The maximum atomic E-state index is 12.3. The molecule has 6 nitrogen and oxygen atoms in total. The van der Waals surface area contributed by atoms with Crippen LogP contribution in [0.1, 0.15) is 12.5 Å². The number of fused-ring (bicyclic) bond motifs is 1. The number of aryl methyl sites for hydroxylation is 1. The lowest BCUT2D eigenvalue weighted by Gasteiger charge is -2.06. The molecule has 0 saturated carbocycles. The number of aromatic nitrogens is 4. The van der Waals surface area contributed by atoms with Crippen LogP contribution in [0.25, 0.3) is 11.2 Å². The minimum absolute atomic E-state index is 0.375. The van der Waals surface area contributed by atoms with E-state index >= 15 is 0 Å². The summed E-state index contributed by atoms with van der Waals surface area (Å²) in [6.07, 6.45) is 3.84. The molecule has 0 aliphatic carbocycles. The molecule has 0 aliphatic rings. The molecule has 0 bridgehead atoms. The third-order valence-corrected chi connectivity index (χ3v) is 5.20. The number of H-pyrrole nitrogens is 1. The van der Waals surface area contributed by atoms with Gasteiger partial charge in [0.05, 0.1) is 0 Å². The molecule has 0 amide bonds. The molecule has 8 heteroatoms. The van der Waals surface area contributed by atoms with Crippen molar-refractivity contribution in [3.63, 3.8) is 0 Å². The summed E-state index contributed by atoms with van der Waals surface area (Å²) in [7, 11) is 1.59. The lowest BCUT2D eigenvalue weighted by Crippen LogP contribution is -2.29. The molecule has 0 fully saturated rings. The third kappa shape index (κ3) is 3.43. The largest absolute Gasteiger partial charge is 0.329 e. The smallest absolute Gasteiger partial charge is 0.309 e. The van der Waals surface area contributed by atoms with Gasteiger partial charge in [-0.3, -0.25) is 14.3 Å². The average Bonchev–Trinajstić information content (AvgIpc) is 2.96. The highest BCUT2D eigenvalue weighted by molar-refractivity contribution is 7.98.